The Labute approximate surface area is 131 Å². The van der Waals surface area contributed by atoms with E-state index in [0.29, 0.717) is 5.69 Å². The highest BCUT2D eigenvalue weighted by Crippen LogP contribution is 2.13. The number of benzene rings is 1. The first-order valence-electron chi connectivity index (χ1n) is 6.69. The maximum Gasteiger partial charge on any atom is 0.253 e. The summed E-state index contributed by atoms with van der Waals surface area (Å²) in [5, 5.41) is 2.74. The van der Waals surface area contributed by atoms with E-state index in [1.165, 1.54) is 17.0 Å². The number of rotatable bonds is 5. The standard InChI is InChI=1S/C15H16BrN3O2/c1-2-3-13-8-15(21)19(10-17-13)9-14(20)18-12-6-4-11(16)5-7-12/h4-8,10H,2-3,9H2,1H3,(H,18,20). The maximum atomic E-state index is 11.9. The van der Waals surface area contributed by atoms with E-state index in [1.807, 2.05) is 19.1 Å². The molecular formula is C15H16BrN3O2. The molecule has 1 heterocycles. The lowest BCUT2D eigenvalue weighted by molar-refractivity contribution is -0.116. The van der Waals surface area contributed by atoms with Crippen molar-refractivity contribution in [3.8, 4) is 0 Å². The van der Waals surface area contributed by atoms with Crippen LogP contribution in [0.25, 0.3) is 0 Å². The van der Waals surface area contributed by atoms with Gasteiger partial charge in [0, 0.05) is 21.9 Å². The van der Waals surface area contributed by atoms with Gasteiger partial charge in [-0.2, -0.15) is 0 Å². The van der Waals surface area contributed by atoms with Crippen molar-refractivity contribution in [3.63, 3.8) is 0 Å². The van der Waals surface area contributed by atoms with Crippen molar-refractivity contribution in [3.05, 3.63) is 57.2 Å². The van der Waals surface area contributed by atoms with Crippen molar-refractivity contribution in [2.24, 2.45) is 0 Å². The zero-order valence-corrected chi connectivity index (χ0v) is 13.3. The van der Waals surface area contributed by atoms with E-state index in [2.05, 4.69) is 26.2 Å². The molecule has 0 bridgehead atoms. The largest absolute Gasteiger partial charge is 0.325 e. The highest BCUT2D eigenvalue weighted by atomic mass is 79.9. The Bertz CT molecular complexity index is 680. The van der Waals surface area contributed by atoms with Crippen LogP contribution in [-0.4, -0.2) is 15.5 Å². The molecule has 6 heteroatoms. The molecule has 0 fully saturated rings. The predicted octanol–water partition coefficient (Wildman–Crippen LogP) is 2.60. The summed E-state index contributed by atoms with van der Waals surface area (Å²) in [6.45, 7) is 1.98. The van der Waals surface area contributed by atoms with Crippen LogP contribution in [0.2, 0.25) is 0 Å². The Balaban J connectivity index is 2.02. The van der Waals surface area contributed by atoms with Gasteiger partial charge in [0.25, 0.3) is 5.56 Å². The van der Waals surface area contributed by atoms with Crippen LogP contribution in [0.4, 0.5) is 5.69 Å². The van der Waals surface area contributed by atoms with Crippen molar-refractivity contribution in [2.45, 2.75) is 26.3 Å². The first-order chi connectivity index (χ1) is 10.1. The van der Waals surface area contributed by atoms with Crippen molar-refractivity contribution in [2.75, 3.05) is 5.32 Å². The number of hydrogen-bond donors (Lipinski definition) is 1. The van der Waals surface area contributed by atoms with Gasteiger partial charge in [0.2, 0.25) is 5.91 Å². The average molecular weight is 350 g/mol. The number of amides is 1. The van der Waals surface area contributed by atoms with Crippen LogP contribution >= 0.6 is 15.9 Å². The Kier molecular flexibility index (Phi) is 5.27. The number of nitrogens with zero attached hydrogens (tertiary/aromatic N) is 2. The van der Waals surface area contributed by atoms with E-state index in [1.54, 1.807) is 12.1 Å². The Morgan fingerprint density at radius 3 is 2.67 bits per heavy atom. The van der Waals surface area contributed by atoms with Crippen molar-refractivity contribution in [1.82, 2.24) is 9.55 Å². The average Bonchev–Trinajstić information content (AvgIpc) is 2.45. The van der Waals surface area contributed by atoms with Gasteiger partial charge in [0.1, 0.15) is 6.54 Å². The van der Waals surface area contributed by atoms with Gasteiger partial charge in [0.05, 0.1) is 6.33 Å². The smallest absolute Gasteiger partial charge is 0.253 e. The zero-order valence-electron chi connectivity index (χ0n) is 11.7. The highest BCUT2D eigenvalue weighted by Gasteiger charge is 2.06. The fourth-order valence-corrected chi connectivity index (χ4v) is 2.13. The lowest BCUT2D eigenvalue weighted by Crippen LogP contribution is -2.27. The van der Waals surface area contributed by atoms with Crippen molar-refractivity contribution < 1.29 is 4.79 Å². The zero-order chi connectivity index (χ0) is 15.2. The van der Waals surface area contributed by atoms with Gasteiger partial charge in [-0.25, -0.2) is 4.98 Å². The summed E-state index contributed by atoms with van der Waals surface area (Å²) in [6, 6.07) is 8.73. The third kappa shape index (κ3) is 4.53. The minimum absolute atomic E-state index is 0.0473. The third-order valence-electron chi connectivity index (χ3n) is 2.88. The summed E-state index contributed by atoms with van der Waals surface area (Å²) >= 11 is 3.33. The Morgan fingerprint density at radius 2 is 2.05 bits per heavy atom. The summed E-state index contributed by atoms with van der Waals surface area (Å²) < 4.78 is 2.24. The lowest BCUT2D eigenvalue weighted by atomic mass is 10.2. The fourth-order valence-electron chi connectivity index (χ4n) is 1.86. The molecular weight excluding hydrogens is 334 g/mol. The van der Waals surface area contributed by atoms with Gasteiger partial charge in [-0.1, -0.05) is 29.3 Å². The van der Waals surface area contributed by atoms with Gasteiger partial charge < -0.3 is 5.32 Å². The van der Waals surface area contributed by atoms with E-state index in [-0.39, 0.29) is 18.0 Å². The lowest BCUT2D eigenvalue weighted by Gasteiger charge is -2.07. The molecule has 0 radical (unpaired) electrons. The van der Waals surface area contributed by atoms with Gasteiger partial charge in [-0.05, 0) is 30.7 Å². The van der Waals surface area contributed by atoms with Gasteiger partial charge in [0.15, 0.2) is 0 Å². The number of carbonyl (C=O) groups excluding carboxylic acids is 1. The summed E-state index contributed by atoms with van der Waals surface area (Å²) in [5.74, 6) is -0.260. The number of carbonyl (C=O) groups is 1. The van der Waals surface area contributed by atoms with E-state index < -0.39 is 0 Å². The first kappa shape index (κ1) is 15.4. The van der Waals surface area contributed by atoms with Crippen molar-refractivity contribution in [1.29, 1.82) is 0 Å². The quantitative estimate of drug-likeness (QED) is 0.902. The SMILES string of the molecule is CCCc1cc(=O)n(CC(=O)Nc2ccc(Br)cc2)cn1. The normalized spacial score (nSPS) is 10.4. The van der Waals surface area contributed by atoms with Crippen LogP contribution in [0.5, 0.6) is 0 Å². The molecule has 2 aromatic rings. The number of anilines is 1. The molecule has 5 nitrogen and oxygen atoms in total. The second-order valence-corrected chi connectivity index (χ2v) is 5.57. The van der Waals surface area contributed by atoms with Crippen LogP contribution in [0.15, 0.2) is 45.9 Å². The summed E-state index contributed by atoms with van der Waals surface area (Å²) in [6.07, 6.45) is 3.12. The van der Waals surface area contributed by atoms with Crippen LogP contribution in [0, 0.1) is 0 Å². The minimum Gasteiger partial charge on any atom is -0.325 e. The van der Waals surface area contributed by atoms with Crippen LogP contribution < -0.4 is 10.9 Å². The third-order valence-corrected chi connectivity index (χ3v) is 3.41. The molecule has 1 N–H and O–H groups in total. The summed E-state index contributed by atoms with van der Waals surface area (Å²) in [4.78, 5) is 28.0. The molecule has 0 aliphatic carbocycles. The molecule has 1 amide bonds. The molecule has 0 unspecified atom stereocenters. The van der Waals surface area contributed by atoms with Crippen LogP contribution in [-0.2, 0) is 17.8 Å². The molecule has 2 rings (SSSR count). The Hall–Kier alpha value is -1.95. The fraction of sp³-hybridized carbons (Fsp3) is 0.267. The number of halogens is 1. The van der Waals surface area contributed by atoms with Crippen molar-refractivity contribution >= 4 is 27.5 Å². The Morgan fingerprint density at radius 1 is 1.33 bits per heavy atom. The molecule has 1 aromatic heterocycles. The van der Waals surface area contributed by atoms with Gasteiger partial charge in [-0.3, -0.25) is 14.2 Å². The molecule has 0 aliphatic rings. The van der Waals surface area contributed by atoms with Gasteiger partial charge >= 0.3 is 0 Å². The van der Waals surface area contributed by atoms with E-state index in [0.717, 1.165) is 23.0 Å². The molecule has 0 aliphatic heterocycles. The number of hydrogen-bond acceptors (Lipinski definition) is 3. The second-order valence-electron chi connectivity index (χ2n) is 4.65. The van der Waals surface area contributed by atoms with Crippen LogP contribution in [0.3, 0.4) is 0 Å². The van der Waals surface area contributed by atoms with Gasteiger partial charge in [-0.15, -0.1) is 0 Å². The molecule has 0 saturated heterocycles. The molecule has 110 valence electrons. The summed E-state index contributed by atoms with van der Waals surface area (Å²) in [5.41, 5.74) is 1.23. The molecule has 0 saturated carbocycles. The van der Waals surface area contributed by atoms with Crippen LogP contribution in [0.1, 0.15) is 19.0 Å². The maximum absolute atomic E-state index is 11.9. The molecule has 1 aromatic carbocycles. The van der Waals surface area contributed by atoms with E-state index in [4.69, 9.17) is 0 Å². The topological polar surface area (TPSA) is 64.0 Å². The van der Waals surface area contributed by atoms with E-state index in [9.17, 15) is 9.59 Å². The number of aryl methyl sites for hydroxylation is 1. The molecule has 0 spiro atoms. The molecule has 21 heavy (non-hydrogen) atoms. The monoisotopic (exact) mass is 349 g/mol. The summed E-state index contributed by atoms with van der Waals surface area (Å²) in [7, 11) is 0. The predicted molar refractivity (Wildman–Crippen MR) is 85.3 cm³/mol. The number of nitrogens with one attached hydrogen (secondary N) is 1. The van der Waals surface area contributed by atoms with E-state index >= 15 is 0 Å². The number of aromatic nitrogens is 2. The molecule has 0 atom stereocenters. The first-order valence-corrected chi connectivity index (χ1v) is 7.48. The highest BCUT2D eigenvalue weighted by molar-refractivity contribution is 9.10. The minimum atomic E-state index is -0.260. The second kappa shape index (κ2) is 7.17.